The van der Waals surface area contributed by atoms with E-state index in [1.807, 2.05) is 30.3 Å². The number of ether oxygens (including phenoxy) is 1. The zero-order chi connectivity index (χ0) is 18.9. The molecule has 1 rings (SSSR count). The van der Waals surface area contributed by atoms with E-state index in [9.17, 15) is 14.7 Å². The molecule has 2 amide bonds. The van der Waals surface area contributed by atoms with Crippen molar-refractivity contribution < 1.29 is 19.4 Å². The van der Waals surface area contributed by atoms with Crippen molar-refractivity contribution >= 4 is 23.6 Å². The lowest BCUT2D eigenvalue weighted by Crippen LogP contribution is -2.52. The molecule has 0 bridgehead atoms. The quantitative estimate of drug-likeness (QED) is 0.483. The highest BCUT2D eigenvalue weighted by molar-refractivity contribution is 6.17. The zero-order valence-electron chi connectivity index (χ0n) is 14.9. The lowest BCUT2D eigenvalue weighted by Gasteiger charge is -2.26. The minimum absolute atomic E-state index is 0.296. The molecule has 0 saturated carbocycles. The second-order valence-corrected chi connectivity index (χ2v) is 7.10. The number of rotatable bonds is 8. The van der Waals surface area contributed by atoms with Gasteiger partial charge in [-0.1, -0.05) is 30.3 Å². The summed E-state index contributed by atoms with van der Waals surface area (Å²) in [7, 11) is 0. The van der Waals surface area contributed by atoms with E-state index in [0.717, 1.165) is 5.56 Å². The Labute approximate surface area is 153 Å². The van der Waals surface area contributed by atoms with Gasteiger partial charge in [0.2, 0.25) is 0 Å². The van der Waals surface area contributed by atoms with Gasteiger partial charge in [-0.05, 0) is 39.2 Å². The second-order valence-electron chi connectivity index (χ2n) is 6.72. The molecule has 0 heterocycles. The number of hydrogen-bond acceptors (Lipinski definition) is 4. The zero-order valence-corrected chi connectivity index (χ0v) is 15.7. The fraction of sp³-hybridized carbons (Fsp3) is 0.556. The molecule has 1 aromatic rings. The van der Waals surface area contributed by atoms with Crippen LogP contribution in [0.25, 0.3) is 0 Å². The molecule has 2 unspecified atom stereocenters. The lowest BCUT2D eigenvalue weighted by molar-refractivity contribution is -0.130. The minimum Gasteiger partial charge on any atom is -0.444 e. The minimum atomic E-state index is -1.40. The largest absolute Gasteiger partial charge is 0.444 e. The summed E-state index contributed by atoms with van der Waals surface area (Å²) < 4.78 is 5.22. The molecule has 0 aliphatic rings. The fourth-order valence-electron chi connectivity index (χ4n) is 2.13. The predicted octanol–water partition coefficient (Wildman–Crippen LogP) is 2.23. The maximum absolute atomic E-state index is 12.1. The highest BCUT2D eigenvalue weighted by Crippen LogP contribution is 2.10. The van der Waals surface area contributed by atoms with Gasteiger partial charge in [-0.25, -0.2) is 4.79 Å². The molecule has 140 valence electrons. The summed E-state index contributed by atoms with van der Waals surface area (Å²) in [6.07, 6.45) is -1.18. The third kappa shape index (κ3) is 8.74. The van der Waals surface area contributed by atoms with Crippen molar-refractivity contribution in [2.45, 2.75) is 51.4 Å². The van der Waals surface area contributed by atoms with E-state index in [4.69, 9.17) is 16.3 Å². The summed E-state index contributed by atoms with van der Waals surface area (Å²) in [5.41, 5.74) is 0.214. The van der Waals surface area contributed by atoms with Gasteiger partial charge in [0.25, 0.3) is 5.91 Å². The van der Waals surface area contributed by atoms with Gasteiger partial charge < -0.3 is 20.5 Å². The molecular formula is C18H27ClN2O4. The maximum atomic E-state index is 12.1. The van der Waals surface area contributed by atoms with Crippen molar-refractivity contribution in [2.24, 2.45) is 0 Å². The molecule has 1 aromatic carbocycles. The molecule has 0 aliphatic heterocycles. The van der Waals surface area contributed by atoms with Gasteiger partial charge in [0.05, 0.1) is 6.04 Å². The summed E-state index contributed by atoms with van der Waals surface area (Å²) >= 11 is 5.58. The average Bonchev–Trinajstić information content (AvgIpc) is 2.53. The topological polar surface area (TPSA) is 87.7 Å². The summed E-state index contributed by atoms with van der Waals surface area (Å²) in [6, 6.07) is 8.49. The maximum Gasteiger partial charge on any atom is 0.407 e. The number of carbonyl (C=O) groups is 2. The Hall–Kier alpha value is -1.79. The monoisotopic (exact) mass is 370 g/mol. The molecule has 0 radical (unpaired) electrons. The first kappa shape index (κ1) is 21.3. The third-order valence-corrected chi connectivity index (χ3v) is 3.53. The van der Waals surface area contributed by atoms with E-state index in [1.165, 1.54) is 0 Å². The number of alkyl carbamates (subject to hydrolysis) is 1. The van der Waals surface area contributed by atoms with Crippen LogP contribution in [0.5, 0.6) is 0 Å². The van der Waals surface area contributed by atoms with Gasteiger partial charge in [0.1, 0.15) is 5.60 Å². The van der Waals surface area contributed by atoms with Crippen molar-refractivity contribution in [1.29, 1.82) is 0 Å². The van der Waals surface area contributed by atoms with E-state index >= 15 is 0 Å². The van der Waals surface area contributed by atoms with Crippen molar-refractivity contribution in [2.75, 3.05) is 12.4 Å². The van der Waals surface area contributed by atoms with Crippen LogP contribution in [0.1, 0.15) is 32.8 Å². The van der Waals surface area contributed by atoms with Crippen LogP contribution >= 0.6 is 11.6 Å². The van der Waals surface area contributed by atoms with Crippen LogP contribution in [-0.2, 0) is 16.0 Å². The highest BCUT2D eigenvalue weighted by Gasteiger charge is 2.29. The normalized spacial score (nSPS) is 13.6. The Morgan fingerprint density at radius 1 is 1.24 bits per heavy atom. The summed E-state index contributed by atoms with van der Waals surface area (Å²) in [5, 5.41) is 15.6. The number of benzene rings is 1. The summed E-state index contributed by atoms with van der Waals surface area (Å²) in [5.74, 6) is -0.137. The van der Waals surface area contributed by atoms with Crippen molar-refractivity contribution in [3.63, 3.8) is 0 Å². The first-order chi connectivity index (χ1) is 11.7. The number of nitrogens with one attached hydrogen (secondary N) is 2. The van der Waals surface area contributed by atoms with E-state index < -0.39 is 29.7 Å². The van der Waals surface area contributed by atoms with Crippen LogP contribution < -0.4 is 10.6 Å². The van der Waals surface area contributed by atoms with Gasteiger partial charge in [-0.2, -0.15) is 0 Å². The number of hydrogen-bond donors (Lipinski definition) is 3. The summed E-state index contributed by atoms with van der Waals surface area (Å²) in [4.78, 5) is 24.2. The van der Waals surface area contributed by atoms with Gasteiger partial charge in [-0.15, -0.1) is 11.6 Å². The SMILES string of the molecule is CC(C)(C)OC(=O)NC(Cc1ccccc1)C(O)C(=O)NCCCCl. The number of aliphatic hydroxyl groups is 1. The molecule has 0 aliphatic carbocycles. The van der Waals surface area contributed by atoms with Crippen LogP contribution in [-0.4, -0.2) is 47.3 Å². The van der Waals surface area contributed by atoms with E-state index in [-0.39, 0.29) is 0 Å². The first-order valence-electron chi connectivity index (χ1n) is 8.28. The van der Waals surface area contributed by atoms with Gasteiger partial charge in [-0.3, -0.25) is 4.79 Å². The fourth-order valence-corrected chi connectivity index (χ4v) is 2.27. The van der Waals surface area contributed by atoms with E-state index in [2.05, 4.69) is 10.6 Å². The Morgan fingerprint density at radius 3 is 2.44 bits per heavy atom. The Balaban J connectivity index is 2.79. The van der Waals surface area contributed by atoms with E-state index in [0.29, 0.717) is 25.3 Å². The average molecular weight is 371 g/mol. The molecule has 2 atom stereocenters. The van der Waals surface area contributed by atoms with Crippen LogP contribution in [0.2, 0.25) is 0 Å². The van der Waals surface area contributed by atoms with Crippen molar-refractivity contribution in [1.82, 2.24) is 10.6 Å². The number of carbonyl (C=O) groups excluding carboxylic acids is 2. The van der Waals surface area contributed by atoms with Crippen LogP contribution in [0.4, 0.5) is 4.79 Å². The summed E-state index contributed by atoms with van der Waals surface area (Å²) in [6.45, 7) is 5.60. The second kappa shape index (κ2) is 10.3. The highest BCUT2D eigenvalue weighted by atomic mass is 35.5. The van der Waals surface area contributed by atoms with Crippen molar-refractivity contribution in [3.05, 3.63) is 35.9 Å². The van der Waals surface area contributed by atoms with Crippen LogP contribution in [0.3, 0.4) is 0 Å². The third-order valence-electron chi connectivity index (χ3n) is 3.26. The van der Waals surface area contributed by atoms with Gasteiger partial charge in [0, 0.05) is 12.4 Å². The van der Waals surface area contributed by atoms with Crippen molar-refractivity contribution in [3.8, 4) is 0 Å². The molecule has 3 N–H and O–H groups in total. The predicted molar refractivity (Wildman–Crippen MR) is 97.7 cm³/mol. The first-order valence-corrected chi connectivity index (χ1v) is 8.81. The number of alkyl halides is 1. The molecule has 7 heteroatoms. The number of amides is 2. The molecule has 0 aromatic heterocycles. The molecule has 0 fully saturated rings. The molecule has 0 saturated heterocycles. The molecule has 6 nitrogen and oxygen atoms in total. The standard InChI is InChI=1S/C18H27ClN2O4/c1-18(2,3)25-17(24)21-14(12-13-8-5-4-6-9-13)15(22)16(23)20-11-7-10-19/h4-6,8-9,14-15,22H,7,10-12H2,1-3H3,(H,20,23)(H,21,24). The Morgan fingerprint density at radius 2 is 1.88 bits per heavy atom. The number of aliphatic hydroxyl groups excluding tert-OH is 1. The molecule has 25 heavy (non-hydrogen) atoms. The van der Waals surface area contributed by atoms with Crippen LogP contribution in [0.15, 0.2) is 30.3 Å². The number of halogens is 1. The smallest absolute Gasteiger partial charge is 0.407 e. The Kier molecular flexibility index (Phi) is 8.72. The lowest BCUT2D eigenvalue weighted by atomic mass is 10.0. The van der Waals surface area contributed by atoms with Gasteiger partial charge >= 0.3 is 6.09 Å². The van der Waals surface area contributed by atoms with E-state index in [1.54, 1.807) is 20.8 Å². The Bertz CT molecular complexity index is 546. The van der Waals surface area contributed by atoms with Gasteiger partial charge in [0.15, 0.2) is 6.10 Å². The molecular weight excluding hydrogens is 344 g/mol. The molecule has 0 spiro atoms. The van der Waals surface area contributed by atoms with Crippen LogP contribution in [0, 0.1) is 0 Å².